The largest absolute Gasteiger partial charge is 0.504 e. The Kier molecular flexibility index (Phi) is 6.29. The summed E-state index contributed by atoms with van der Waals surface area (Å²) in [7, 11) is 1.68. The first-order valence-corrected chi connectivity index (χ1v) is 7.95. The van der Waals surface area contributed by atoms with E-state index in [9.17, 15) is 10.2 Å². The van der Waals surface area contributed by atoms with Crippen LogP contribution < -0.4 is 10.1 Å². The van der Waals surface area contributed by atoms with Gasteiger partial charge in [0.2, 0.25) is 0 Å². The molecule has 0 aliphatic carbocycles. The number of methoxy groups -OCH3 is 1. The zero-order valence-electron chi connectivity index (χ0n) is 13.7. The molecule has 0 aliphatic rings. The predicted molar refractivity (Wildman–Crippen MR) is 92.3 cm³/mol. The van der Waals surface area contributed by atoms with E-state index in [0.717, 1.165) is 37.1 Å². The van der Waals surface area contributed by atoms with Gasteiger partial charge < -0.3 is 20.3 Å². The first kappa shape index (κ1) is 17.2. The first-order valence-electron chi connectivity index (χ1n) is 7.95. The van der Waals surface area contributed by atoms with Crippen LogP contribution in [0.3, 0.4) is 0 Å². The molecule has 2 rings (SSSR count). The number of hydrogen-bond donors (Lipinski definition) is 3. The van der Waals surface area contributed by atoms with E-state index in [1.807, 2.05) is 18.2 Å². The Bertz CT molecular complexity index is 611. The van der Waals surface area contributed by atoms with Crippen LogP contribution in [-0.4, -0.2) is 29.9 Å². The van der Waals surface area contributed by atoms with Gasteiger partial charge in [0.05, 0.1) is 7.11 Å². The molecule has 23 heavy (non-hydrogen) atoms. The molecule has 3 N–H and O–H groups in total. The van der Waals surface area contributed by atoms with Crippen LogP contribution >= 0.6 is 0 Å². The van der Waals surface area contributed by atoms with Crippen molar-refractivity contribution < 1.29 is 14.9 Å². The maximum absolute atomic E-state index is 9.48. The summed E-state index contributed by atoms with van der Waals surface area (Å²) >= 11 is 0. The molecule has 0 aromatic heterocycles. The molecular weight excluding hydrogens is 290 g/mol. The summed E-state index contributed by atoms with van der Waals surface area (Å²) in [6.45, 7) is 3.02. The van der Waals surface area contributed by atoms with Gasteiger partial charge in [-0.25, -0.2) is 0 Å². The van der Waals surface area contributed by atoms with Gasteiger partial charge in [-0.3, -0.25) is 0 Å². The number of phenols is 2. The number of ether oxygens (including phenoxy) is 1. The highest BCUT2D eigenvalue weighted by Crippen LogP contribution is 2.24. The summed E-state index contributed by atoms with van der Waals surface area (Å²) in [6.07, 6.45) is 2.91. The summed E-state index contributed by atoms with van der Waals surface area (Å²) in [6, 6.07) is 13.6. The first-order chi connectivity index (χ1) is 11.1. The number of aromatic hydroxyl groups is 2. The van der Waals surface area contributed by atoms with Gasteiger partial charge in [0.1, 0.15) is 5.75 Å². The Morgan fingerprint density at radius 1 is 0.957 bits per heavy atom. The van der Waals surface area contributed by atoms with Crippen molar-refractivity contribution in [2.75, 3.05) is 13.7 Å². The normalized spacial score (nSPS) is 12.1. The Balaban J connectivity index is 1.70. The number of phenolic OH excluding ortho intramolecular Hbond substituents is 2. The van der Waals surface area contributed by atoms with Gasteiger partial charge in [-0.15, -0.1) is 0 Å². The SMILES string of the molecule is COc1ccc(CC[C@H](C)NCCc2ccc(O)c(O)c2)cc1. The van der Waals surface area contributed by atoms with E-state index in [0.29, 0.717) is 6.04 Å². The predicted octanol–water partition coefficient (Wildman–Crippen LogP) is 3.26. The minimum absolute atomic E-state index is 0.0601. The molecular formula is C19H25NO3. The topological polar surface area (TPSA) is 61.7 Å². The van der Waals surface area contributed by atoms with Crippen molar-refractivity contribution in [1.29, 1.82) is 0 Å². The van der Waals surface area contributed by atoms with E-state index < -0.39 is 0 Å². The molecule has 0 fully saturated rings. The van der Waals surface area contributed by atoms with Gasteiger partial charge >= 0.3 is 0 Å². The number of benzene rings is 2. The summed E-state index contributed by atoms with van der Waals surface area (Å²) in [5.74, 6) is 0.752. The summed E-state index contributed by atoms with van der Waals surface area (Å²) in [5.41, 5.74) is 2.32. The number of rotatable bonds is 8. The molecule has 0 saturated carbocycles. The molecule has 124 valence electrons. The van der Waals surface area contributed by atoms with Gasteiger partial charge in [-0.05, 0) is 68.1 Å². The minimum Gasteiger partial charge on any atom is -0.504 e. The average molecular weight is 315 g/mol. The molecule has 0 amide bonds. The molecule has 0 heterocycles. The molecule has 0 bridgehead atoms. The average Bonchev–Trinajstić information content (AvgIpc) is 2.56. The Hall–Kier alpha value is -2.20. The molecule has 0 radical (unpaired) electrons. The monoisotopic (exact) mass is 315 g/mol. The van der Waals surface area contributed by atoms with Crippen LogP contribution in [0.1, 0.15) is 24.5 Å². The lowest BCUT2D eigenvalue weighted by Gasteiger charge is -2.14. The van der Waals surface area contributed by atoms with Crippen molar-refractivity contribution in [2.45, 2.75) is 32.2 Å². The third-order valence-electron chi connectivity index (χ3n) is 3.97. The summed E-state index contributed by atoms with van der Waals surface area (Å²) < 4.78 is 5.16. The highest BCUT2D eigenvalue weighted by atomic mass is 16.5. The number of hydrogen-bond acceptors (Lipinski definition) is 4. The smallest absolute Gasteiger partial charge is 0.157 e. The van der Waals surface area contributed by atoms with Gasteiger partial charge in [-0.2, -0.15) is 0 Å². The maximum Gasteiger partial charge on any atom is 0.157 e. The Morgan fingerprint density at radius 3 is 2.30 bits per heavy atom. The molecule has 4 heteroatoms. The Morgan fingerprint density at radius 2 is 1.65 bits per heavy atom. The summed E-state index contributed by atoms with van der Waals surface area (Å²) in [5, 5.41) is 22.3. The quantitative estimate of drug-likeness (QED) is 0.654. The number of nitrogens with one attached hydrogen (secondary N) is 1. The fourth-order valence-electron chi connectivity index (χ4n) is 2.46. The molecule has 1 atom stereocenters. The third kappa shape index (κ3) is 5.49. The second kappa shape index (κ2) is 8.44. The van der Waals surface area contributed by atoms with Gasteiger partial charge in [0.25, 0.3) is 0 Å². The highest BCUT2D eigenvalue weighted by Gasteiger charge is 2.04. The molecule has 4 nitrogen and oxygen atoms in total. The van der Waals surface area contributed by atoms with E-state index in [1.54, 1.807) is 13.2 Å². The van der Waals surface area contributed by atoms with Crippen LogP contribution in [0.4, 0.5) is 0 Å². The van der Waals surface area contributed by atoms with Crippen molar-refractivity contribution >= 4 is 0 Å². The van der Waals surface area contributed by atoms with Crippen molar-refractivity contribution in [3.8, 4) is 17.2 Å². The molecule has 2 aromatic rings. The van der Waals surface area contributed by atoms with E-state index in [-0.39, 0.29) is 11.5 Å². The van der Waals surface area contributed by atoms with Crippen molar-refractivity contribution in [3.05, 3.63) is 53.6 Å². The molecule has 2 aromatic carbocycles. The summed E-state index contributed by atoms with van der Waals surface area (Å²) in [4.78, 5) is 0. The van der Waals surface area contributed by atoms with Crippen LogP contribution in [0.25, 0.3) is 0 Å². The van der Waals surface area contributed by atoms with Crippen LogP contribution in [0, 0.1) is 0 Å². The van der Waals surface area contributed by atoms with Crippen molar-refractivity contribution in [3.63, 3.8) is 0 Å². The standard InChI is InChI=1S/C19H25NO3/c1-14(3-4-15-5-8-17(23-2)9-6-15)20-12-11-16-7-10-18(21)19(22)13-16/h5-10,13-14,20-22H,3-4,11-12H2,1-2H3/t14-/m0/s1. The fourth-order valence-corrected chi connectivity index (χ4v) is 2.46. The van der Waals surface area contributed by atoms with E-state index in [1.165, 1.54) is 11.6 Å². The van der Waals surface area contributed by atoms with Gasteiger partial charge in [0, 0.05) is 6.04 Å². The highest BCUT2D eigenvalue weighted by molar-refractivity contribution is 5.40. The van der Waals surface area contributed by atoms with E-state index >= 15 is 0 Å². The second-order valence-electron chi connectivity index (χ2n) is 5.81. The molecule has 0 spiro atoms. The lowest BCUT2D eigenvalue weighted by molar-refractivity contribution is 0.403. The molecule has 0 aliphatic heterocycles. The van der Waals surface area contributed by atoms with Crippen LogP contribution in [-0.2, 0) is 12.8 Å². The van der Waals surface area contributed by atoms with Crippen molar-refractivity contribution in [1.82, 2.24) is 5.32 Å². The van der Waals surface area contributed by atoms with Crippen LogP contribution in [0.2, 0.25) is 0 Å². The van der Waals surface area contributed by atoms with Gasteiger partial charge in [0.15, 0.2) is 11.5 Å². The zero-order chi connectivity index (χ0) is 16.7. The van der Waals surface area contributed by atoms with E-state index in [2.05, 4.69) is 24.4 Å². The zero-order valence-corrected chi connectivity index (χ0v) is 13.7. The molecule has 0 unspecified atom stereocenters. The Labute approximate surface area is 137 Å². The fraction of sp³-hybridized carbons (Fsp3) is 0.368. The lowest BCUT2D eigenvalue weighted by atomic mass is 10.1. The second-order valence-corrected chi connectivity index (χ2v) is 5.81. The lowest BCUT2D eigenvalue weighted by Crippen LogP contribution is -2.28. The van der Waals surface area contributed by atoms with Crippen LogP contribution in [0.15, 0.2) is 42.5 Å². The van der Waals surface area contributed by atoms with Crippen molar-refractivity contribution in [2.24, 2.45) is 0 Å². The van der Waals surface area contributed by atoms with E-state index in [4.69, 9.17) is 4.74 Å². The van der Waals surface area contributed by atoms with Crippen LogP contribution in [0.5, 0.6) is 17.2 Å². The van der Waals surface area contributed by atoms with Gasteiger partial charge in [-0.1, -0.05) is 18.2 Å². The number of aryl methyl sites for hydroxylation is 1. The maximum atomic E-state index is 9.48. The third-order valence-corrected chi connectivity index (χ3v) is 3.97. The molecule has 0 saturated heterocycles. The minimum atomic E-state index is -0.0745.